The van der Waals surface area contributed by atoms with E-state index >= 15 is 0 Å². The van der Waals surface area contributed by atoms with Gasteiger partial charge in [-0.05, 0) is 11.2 Å². The van der Waals surface area contributed by atoms with Crippen LogP contribution in [0, 0.1) is 16.2 Å². The lowest BCUT2D eigenvalue weighted by Gasteiger charge is -2.34. The van der Waals surface area contributed by atoms with Crippen molar-refractivity contribution in [3.05, 3.63) is 69.6 Å². The molecular formula is C22H19NO6. The third-order valence-electron chi connectivity index (χ3n) is 5.16. The van der Waals surface area contributed by atoms with Crippen LogP contribution in [0.15, 0.2) is 47.6 Å². The minimum absolute atomic E-state index is 0.0557. The zero-order valence-corrected chi connectivity index (χ0v) is 16.0. The van der Waals surface area contributed by atoms with E-state index in [1.54, 1.807) is 24.3 Å². The molecule has 0 amide bonds. The van der Waals surface area contributed by atoms with Crippen molar-refractivity contribution in [2.24, 2.45) is 16.5 Å². The highest BCUT2D eigenvalue weighted by atomic mass is 16.7. The van der Waals surface area contributed by atoms with E-state index in [1.807, 2.05) is 13.8 Å². The van der Waals surface area contributed by atoms with Crippen molar-refractivity contribution in [2.45, 2.75) is 20.1 Å². The van der Waals surface area contributed by atoms with Crippen molar-refractivity contribution < 1.29 is 23.9 Å². The molecule has 1 aliphatic carbocycles. The molecule has 0 saturated carbocycles. The fraction of sp³-hybridized carbons (Fsp3) is 0.318. The van der Waals surface area contributed by atoms with E-state index in [2.05, 4.69) is 5.18 Å². The predicted molar refractivity (Wildman–Crippen MR) is 103 cm³/mol. The highest BCUT2D eigenvalue weighted by Crippen LogP contribution is 2.36. The average Bonchev–Trinajstić information content (AvgIpc) is 2.98. The molecule has 1 saturated heterocycles. The zero-order valence-electron chi connectivity index (χ0n) is 16.0. The fourth-order valence-corrected chi connectivity index (χ4v) is 3.59. The van der Waals surface area contributed by atoms with E-state index in [0.717, 1.165) is 5.56 Å². The van der Waals surface area contributed by atoms with Crippen LogP contribution in [0.4, 0.5) is 5.69 Å². The van der Waals surface area contributed by atoms with E-state index in [0.29, 0.717) is 13.2 Å². The first-order chi connectivity index (χ1) is 13.8. The van der Waals surface area contributed by atoms with Crippen LogP contribution in [0.25, 0.3) is 0 Å². The largest absolute Gasteiger partial charge is 0.348 e. The summed E-state index contributed by atoms with van der Waals surface area (Å²) in [6.45, 7) is 5.19. The topological polar surface area (TPSA) is 99.1 Å². The normalized spacial score (nSPS) is 21.1. The molecule has 2 aromatic rings. The van der Waals surface area contributed by atoms with Gasteiger partial charge in [-0.15, -0.1) is 4.91 Å². The number of carbonyl (C=O) groups excluding carboxylic acids is 3. The number of ketones is 3. The van der Waals surface area contributed by atoms with Gasteiger partial charge in [-0.2, -0.15) is 0 Å². The molecule has 4 rings (SSSR count). The van der Waals surface area contributed by atoms with Gasteiger partial charge in [-0.1, -0.05) is 50.2 Å². The number of benzene rings is 2. The summed E-state index contributed by atoms with van der Waals surface area (Å²) in [6.07, 6.45) is -0.521. The van der Waals surface area contributed by atoms with Crippen LogP contribution < -0.4 is 0 Å². The van der Waals surface area contributed by atoms with E-state index < -0.39 is 29.6 Å². The van der Waals surface area contributed by atoms with Crippen LogP contribution in [0.1, 0.15) is 56.8 Å². The SMILES string of the molecule is CC1(C)COC(c2ccc(C(=O)C3C(=O)c4cccc(N=O)c4C3=O)cc2)OC1. The molecule has 148 valence electrons. The Morgan fingerprint density at radius 2 is 1.66 bits per heavy atom. The van der Waals surface area contributed by atoms with Crippen molar-refractivity contribution >= 4 is 23.0 Å². The number of carbonyl (C=O) groups is 3. The molecule has 7 heteroatoms. The third kappa shape index (κ3) is 3.32. The van der Waals surface area contributed by atoms with Gasteiger partial charge in [0.2, 0.25) is 0 Å². The first-order valence-electron chi connectivity index (χ1n) is 9.24. The van der Waals surface area contributed by atoms with Gasteiger partial charge >= 0.3 is 0 Å². The highest BCUT2D eigenvalue weighted by Gasteiger charge is 2.45. The molecule has 0 radical (unpaired) electrons. The average molecular weight is 393 g/mol. The lowest BCUT2D eigenvalue weighted by Crippen LogP contribution is -2.33. The van der Waals surface area contributed by atoms with Crippen molar-refractivity contribution in [3.8, 4) is 0 Å². The molecule has 1 atom stereocenters. The maximum absolute atomic E-state index is 12.9. The Hall–Kier alpha value is -3.03. The summed E-state index contributed by atoms with van der Waals surface area (Å²) in [6, 6.07) is 10.7. The molecule has 0 spiro atoms. The fourth-order valence-electron chi connectivity index (χ4n) is 3.59. The number of hydrogen-bond acceptors (Lipinski definition) is 7. The summed E-state index contributed by atoms with van der Waals surface area (Å²) in [5, 5.41) is 2.80. The van der Waals surface area contributed by atoms with E-state index in [1.165, 1.54) is 18.2 Å². The number of nitroso groups, excluding NO2 is 1. The zero-order chi connectivity index (χ0) is 20.8. The first-order valence-corrected chi connectivity index (χ1v) is 9.24. The number of Topliss-reactive ketones (excluding diaryl/α,β-unsaturated/α-hetero) is 3. The molecule has 0 N–H and O–H groups in total. The van der Waals surface area contributed by atoms with Crippen molar-refractivity contribution in [3.63, 3.8) is 0 Å². The maximum Gasteiger partial charge on any atom is 0.184 e. The number of fused-ring (bicyclic) bond motifs is 1. The van der Waals surface area contributed by atoms with E-state index in [4.69, 9.17) is 9.47 Å². The van der Waals surface area contributed by atoms with Crippen LogP contribution in [0.5, 0.6) is 0 Å². The standard InChI is InChI=1S/C22H19NO6/c1-22(2)10-28-21(29-11-22)13-8-6-12(7-9-13)18(24)17-19(25)14-4-3-5-15(23-27)16(14)20(17)26/h3-9,17,21H,10-11H2,1-2H3. The molecule has 29 heavy (non-hydrogen) atoms. The second-order valence-corrected chi connectivity index (χ2v) is 8.06. The van der Waals surface area contributed by atoms with Crippen molar-refractivity contribution in [2.75, 3.05) is 13.2 Å². The molecule has 1 unspecified atom stereocenters. The Bertz CT molecular complexity index is 1010. The van der Waals surface area contributed by atoms with Gasteiger partial charge in [0.05, 0.1) is 18.8 Å². The maximum atomic E-state index is 12.9. The Kier molecular flexibility index (Phi) is 4.72. The van der Waals surface area contributed by atoms with Crippen LogP contribution in [-0.4, -0.2) is 30.6 Å². The molecular weight excluding hydrogens is 374 g/mol. The van der Waals surface area contributed by atoms with Gasteiger partial charge in [-0.25, -0.2) is 0 Å². The van der Waals surface area contributed by atoms with Crippen LogP contribution in [0.2, 0.25) is 0 Å². The Morgan fingerprint density at radius 3 is 2.28 bits per heavy atom. The van der Waals surface area contributed by atoms with Gasteiger partial charge in [0.1, 0.15) is 11.6 Å². The predicted octanol–water partition coefficient (Wildman–Crippen LogP) is 4.03. The molecule has 2 aromatic carbocycles. The smallest absolute Gasteiger partial charge is 0.184 e. The Balaban J connectivity index is 1.56. The van der Waals surface area contributed by atoms with Gasteiger partial charge in [0, 0.05) is 22.1 Å². The molecule has 1 aliphatic heterocycles. The minimum atomic E-state index is -1.48. The summed E-state index contributed by atoms with van der Waals surface area (Å²) in [5.74, 6) is -3.38. The Labute approximate surface area is 167 Å². The van der Waals surface area contributed by atoms with Crippen molar-refractivity contribution in [1.29, 1.82) is 0 Å². The van der Waals surface area contributed by atoms with E-state index in [9.17, 15) is 19.3 Å². The monoisotopic (exact) mass is 393 g/mol. The first kappa shape index (κ1) is 19.3. The number of ether oxygens (including phenoxy) is 2. The molecule has 1 heterocycles. The summed E-state index contributed by atoms with van der Waals surface area (Å²) < 4.78 is 11.5. The van der Waals surface area contributed by atoms with E-state index in [-0.39, 0.29) is 27.8 Å². The lowest BCUT2D eigenvalue weighted by molar-refractivity contribution is -0.226. The van der Waals surface area contributed by atoms with Gasteiger partial charge in [-0.3, -0.25) is 14.4 Å². The van der Waals surface area contributed by atoms with Crippen LogP contribution in [0.3, 0.4) is 0 Å². The molecule has 7 nitrogen and oxygen atoms in total. The lowest BCUT2D eigenvalue weighted by atomic mass is 9.92. The molecule has 0 aromatic heterocycles. The van der Waals surface area contributed by atoms with Gasteiger partial charge in [0.15, 0.2) is 23.6 Å². The number of rotatable bonds is 4. The van der Waals surface area contributed by atoms with Crippen LogP contribution in [-0.2, 0) is 9.47 Å². The third-order valence-corrected chi connectivity index (χ3v) is 5.16. The molecule has 1 fully saturated rings. The second kappa shape index (κ2) is 7.09. The van der Waals surface area contributed by atoms with Crippen molar-refractivity contribution in [1.82, 2.24) is 0 Å². The molecule has 0 bridgehead atoms. The van der Waals surface area contributed by atoms with Gasteiger partial charge < -0.3 is 9.47 Å². The summed E-state index contributed by atoms with van der Waals surface area (Å²) in [5.41, 5.74) is 0.783. The van der Waals surface area contributed by atoms with Gasteiger partial charge in [0.25, 0.3) is 0 Å². The summed E-state index contributed by atoms with van der Waals surface area (Å²) >= 11 is 0. The second-order valence-electron chi connectivity index (χ2n) is 8.06. The number of hydrogen-bond donors (Lipinski definition) is 0. The summed E-state index contributed by atoms with van der Waals surface area (Å²) in [4.78, 5) is 49.2. The summed E-state index contributed by atoms with van der Waals surface area (Å²) in [7, 11) is 0. The number of nitrogens with zero attached hydrogens (tertiary/aromatic N) is 1. The minimum Gasteiger partial charge on any atom is -0.348 e. The van der Waals surface area contributed by atoms with Crippen LogP contribution >= 0.6 is 0 Å². The highest BCUT2D eigenvalue weighted by molar-refractivity contribution is 6.38. The molecule has 2 aliphatic rings. The quantitative estimate of drug-likeness (QED) is 0.442. The Morgan fingerprint density at radius 1 is 1.00 bits per heavy atom.